The fourth-order valence-corrected chi connectivity index (χ4v) is 4.39. The predicted molar refractivity (Wildman–Crippen MR) is 100 cm³/mol. The number of methoxy groups -OCH3 is 2. The lowest BCUT2D eigenvalue weighted by molar-refractivity contribution is -0.139. The van der Waals surface area contributed by atoms with E-state index in [2.05, 4.69) is 30.2 Å². The predicted octanol–water partition coefficient (Wildman–Crippen LogP) is 0.785. The summed E-state index contributed by atoms with van der Waals surface area (Å²) in [6, 6.07) is 0. The quantitative estimate of drug-likeness (QED) is 0.427. The second-order valence-corrected chi connectivity index (χ2v) is 7.35. The van der Waals surface area contributed by atoms with E-state index >= 15 is 0 Å². The third-order valence-corrected chi connectivity index (χ3v) is 5.84. The highest BCUT2D eigenvalue weighted by molar-refractivity contribution is 7.98. The van der Waals surface area contributed by atoms with E-state index < -0.39 is 17.5 Å². The summed E-state index contributed by atoms with van der Waals surface area (Å²) in [6.07, 6.45) is -0.231. The molecular formula is C15H16N6O5S2. The fraction of sp³-hybridized carbons (Fsp3) is 0.400. The molecule has 13 heteroatoms. The number of tetrazole rings is 1. The van der Waals surface area contributed by atoms with Gasteiger partial charge < -0.3 is 14.5 Å². The topological polar surface area (TPSA) is 142 Å². The maximum absolute atomic E-state index is 12.7. The summed E-state index contributed by atoms with van der Waals surface area (Å²) in [6.45, 7) is 2.53. The van der Waals surface area contributed by atoms with Crippen LogP contribution in [0.5, 0.6) is 0 Å². The molecule has 0 aliphatic carbocycles. The molecule has 0 radical (unpaired) electrons. The Morgan fingerprint density at radius 3 is 2.75 bits per heavy atom. The van der Waals surface area contributed by atoms with Gasteiger partial charge in [0.15, 0.2) is 0 Å². The van der Waals surface area contributed by atoms with Crippen molar-refractivity contribution in [2.75, 3.05) is 14.2 Å². The molecule has 28 heavy (non-hydrogen) atoms. The number of thioether (sulfide) groups is 1. The van der Waals surface area contributed by atoms with Gasteiger partial charge in [0.25, 0.3) is 5.56 Å². The maximum atomic E-state index is 12.7. The highest BCUT2D eigenvalue weighted by Crippen LogP contribution is 2.30. The van der Waals surface area contributed by atoms with Crippen LogP contribution in [0.4, 0.5) is 0 Å². The molecule has 0 aliphatic rings. The summed E-state index contributed by atoms with van der Waals surface area (Å²) in [5, 5.41) is 12.1. The van der Waals surface area contributed by atoms with Crippen molar-refractivity contribution in [2.45, 2.75) is 30.8 Å². The van der Waals surface area contributed by atoms with Crippen LogP contribution in [0, 0.1) is 0 Å². The first kappa shape index (κ1) is 19.9. The number of fused-ring (bicyclic) bond motifs is 1. The van der Waals surface area contributed by atoms with Gasteiger partial charge in [-0.25, -0.2) is 14.5 Å². The van der Waals surface area contributed by atoms with Crippen molar-refractivity contribution in [3.8, 4) is 0 Å². The molecule has 0 amide bonds. The normalized spacial score (nSPS) is 11.0. The molecule has 0 aromatic carbocycles. The van der Waals surface area contributed by atoms with Gasteiger partial charge in [0.2, 0.25) is 5.16 Å². The molecule has 3 aromatic heterocycles. The summed E-state index contributed by atoms with van der Waals surface area (Å²) >= 11 is 2.32. The third kappa shape index (κ3) is 3.89. The highest BCUT2D eigenvalue weighted by atomic mass is 32.2. The number of carbonyl (C=O) groups is 2. The van der Waals surface area contributed by atoms with Crippen molar-refractivity contribution in [2.24, 2.45) is 0 Å². The molecule has 3 rings (SSSR count). The standard InChI is InChI=1S/C15H16N6O5S2/c1-4-21-15(18-19-20-21)27-6-8-16-12(23)10-7(5-9(22)25-2)11(14(24)26-3)28-13(10)17-8/h4-6H2,1-3H3,(H,16,17,23). The summed E-state index contributed by atoms with van der Waals surface area (Å²) in [4.78, 5) is 44.1. The largest absolute Gasteiger partial charge is 0.469 e. The minimum absolute atomic E-state index is 0.153. The zero-order valence-electron chi connectivity index (χ0n) is 15.2. The Bertz CT molecular complexity index is 1090. The first-order chi connectivity index (χ1) is 13.5. The lowest BCUT2D eigenvalue weighted by Gasteiger charge is -2.03. The van der Waals surface area contributed by atoms with E-state index in [0.29, 0.717) is 28.1 Å². The van der Waals surface area contributed by atoms with E-state index in [0.717, 1.165) is 11.3 Å². The Labute approximate surface area is 166 Å². The minimum atomic E-state index is -0.639. The zero-order valence-corrected chi connectivity index (χ0v) is 16.8. The molecule has 148 valence electrons. The number of thiophene rings is 1. The molecule has 3 aromatic rings. The Morgan fingerprint density at radius 1 is 1.29 bits per heavy atom. The number of hydrogen-bond acceptors (Lipinski definition) is 11. The molecule has 11 nitrogen and oxygen atoms in total. The average molecular weight is 424 g/mol. The molecule has 0 fully saturated rings. The molecule has 0 aliphatic heterocycles. The zero-order chi connectivity index (χ0) is 20.3. The lowest BCUT2D eigenvalue weighted by atomic mass is 10.1. The first-order valence-electron chi connectivity index (χ1n) is 8.07. The van der Waals surface area contributed by atoms with Gasteiger partial charge in [-0.3, -0.25) is 9.59 Å². The SMILES string of the molecule is CCn1nnnc1SCc1nc2sc(C(=O)OC)c(CC(=O)OC)c2c(=O)[nH]1. The summed E-state index contributed by atoms with van der Waals surface area (Å²) < 4.78 is 11.0. The molecule has 0 bridgehead atoms. The monoisotopic (exact) mass is 424 g/mol. The van der Waals surface area contributed by atoms with E-state index in [1.807, 2.05) is 6.92 Å². The first-order valence-corrected chi connectivity index (χ1v) is 9.87. The molecule has 1 N–H and O–H groups in total. The number of nitrogens with one attached hydrogen (secondary N) is 1. The number of rotatable bonds is 7. The summed E-state index contributed by atoms with van der Waals surface area (Å²) in [5.74, 6) is -0.492. The van der Waals surface area contributed by atoms with E-state index in [9.17, 15) is 14.4 Å². The Balaban J connectivity index is 1.99. The van der Waals surface area contributed by atoms with E-state index in [1.54, 1.807) is 4.68 Å². The molecular weight excluding hydrogens is 408 g/mol. The van der Waals surface area contributed by atoms with Gasteiger partial charge >= 0.3 is 11.9 Å². The van der Waals surface area contributed by atoms with Crippen molar-refractivity contribution < 1.29 is 19.1 Å². The molecule has 0 saturated heterocycles. The van der Waals surface area contributed by atoms with Crippen LogP contribution in [0.2, 0.25) is 0 Å². The fourth-order valence-electron chi connectivity index (χ4n) is 2.45. The van der Waals surface area contributed by atoms with Crippen LogP contribution in [-0.4, -0.2) is 56.3 Å². The number of esters is 2. The Hall–Kier alpha value is -2.80. The molecule has 3 heterocycles. The Kier molecular flexibility index (Phi) is 6.04. The van der Waals surface area contributed by atoms with E-state index in [4.69, 9.17) is 4.74 Å². The number of hydrogen-bond donors (Lipinski definition) is 1. The van der Waals surface area contributed by atoms with Crippen LogP contribution in [0.25, 0.3) is 10.2 Å². The number of carbonyl (C=O) groups excluding carboxylic acids is 2. The summed E-state index contributed by atoms with van der Waals surface area (Å²) in [7, 11) is 2.46. The maximum Gasteiger partial charge on any atom is 0.348 e. The molecule has 0 spiro atoms. The number of aryl methyl sites for hydroxylation is 1. The van der Waals surface area contributed by atoms with Gasteiger partial charge in [0, 0.05) is 12.1 Å². The third-order valence-electron chi connectivity index (χ3n) is 3.77. The van der Waals surface area contributed by atoms with Crippen LogP contribution in [0.3, 0.4) is 0 Å². The number of ether oxygens (including phenoxy) is 2. The van der Waals surface area contributed by atoms with E-state index in [1.165, 1.54) is 26.0 Å². The van der Waals surface area contributed by atoms with Crippen LogP contribution in [0.1, 0.15) is 28.0 Å². The van der Waals surface area contributed by atoms with Crippen LogP contribution >= 0.6 is 23.1 Å². The van der Waals surface area contributed by atoms with Crippen molar-refractivity contribution in [3.63, 3.8) is 0 Å². The second kappa shape index (κ2) is 8.48. The van der Waals surface area contributed by atoms with Crippen LogP contribution in [0.15, 0.2) is 9.95 Å². The smallest absolute Gasteiger partial charge is 0.348 e. The van der Waals surface area contributed by atoms with Crippen molar-refractivity contribution >= 4 is 45.3 Å². The van der Waals surface area contributed by atoms with Crippen molar-refractivity contribution in [1.29, 1.82) is 0 Å². The van der Waals surface area contributed by atoms with Gasteiger partial charge in [-0.2, -0.15) is 0 Å². The second-order valence-electron chi connectivity index (χ2n) is 5.41. The van der Waals surface area contributed by atoms with Crippen molar-refractivity contribution in [3.05, 3.63) is 26.6 Å². The van der Waals surface area contributed by atoms with E-state index in [-0.39, 0.29) is 22.2 Å². The van der Waals surface area contributed by atoms with Gasteiger partial charge in [-0.15, -0.1) is 16.4 Å². The Morgan fingerprint density at radius 2 is 2.07 bits per heavy atom. The highest BCUT2D eigenvalue weighted by Gasteiger charge is 2.24. The number of aromatic amines is 1. The summed E-state index contributed by atoms with van der Waals surface area (Å²) in [5.41, 5.74) is -0.192. The minimum Gasteiger partial charge on any atom is -0.469 e. The van der Waals surface area contributed by atoms with Gasteiger partial charge in [0.05, 0.1) is 31.8 Å². The van der Waals surface area contributed by atoms with Crippen LogP contribution in [-0.2, 0) is 33.0 Å². The number of H-pyrrole nitrogens is 1. The lowest BCUT2D eigenvalue weighted by Crippen LogP contribution is -2.15. The average Bonchev–Trinajstić information content (AvgIpc) is 3.30. The molecule has 0 saturated carbocycles. The van der Waals surface area contributed by atoms with Gasteiger partial charge in [-0.1, -0.05) is 11.8 Å². The van der Waals surface area contributed by atoms with Crippen LogP contribution < -0.4 is 5.56 Å². The van der Waals surface area contributed by atoms with Gasteiger partial charge in [-0.05, 0) is 17.4 Å². The van der Waals surface area contributed by atoms with Gasteiger partial charge in [0.1, 0.15) is 15.5 Å². The molecule has 0 atom stereocenters. The number of nitrogens with zero attached hydrogens (tertiary/aromatic N) is 5. The molecule has 0 unspecified atom stereocenters. The van der Waals surface area contributed by atoms with Crippen molar-refractivity contribution in [1.82, 2.24) is 30.2 Å². The number of aromatic nitrogens is 6.